The maximum Gasteiger partial charge on any atom is 0.245 e. The quantitative estimate of drug-likeness (QED) is 0.889. The fourth-order valence-electron chi connectivity index (χ4n) is 2.77. The Balaban J connectivity index is 2.27. The SMILES string of the molecule is Cc1cc(C)cc(N(CC(=O)Nc2ccc(C)cc2C)S(C)(=O)=O)c1. The minimum absolute atomic E-state index is 0.269. The summed E-state index contributed by atoms with van der Waals surface area (Å²) in [5.41, 5.74) is 5.10. The molecule has 0 bridgehead atoms. The van der Waals surface area contributed by atoms with Crippen molar-refractivity contribution in [3.05, 3.63) is 58.7 Å². The first-order valence-corrected chi connectivity index (χ1v) is 9.84. The largest absolute Gasteiger partial charge is 0.324 e. The van der Waals surface area contributed by atoms with Crippen molar-refractivity contribution in [3.8, 4) is 0 Å². The van der Waals surface area contributed by atoms with Crippen molar-refractivity contribution in [1.82, 2.24) is 0 Å². The molecule has 1 N–H and O–H groups in total. The molecule has 5 nitrogen and oxygen atoms in total. The fourth-order valence-corrected chi connectivity index (χ4v) is 3.61. The van der Waals surface area contributed by atoms with Crippen LogP contribution >= 0.6 is 0 Å². The third kappa shape index (κ3) is 5.06. The van der Waals surface area contributed by atoms with Gasteiger partial charge in [-0.3, -0.25) is 9.10 Å². The van der Waals surface area contributed by atoms with Gasteiger partial charge < -0.3 is 5.32 Å². The maximum absolute atomic E-state index is 12.4. The molecule has 25 heavy (non-hydrogen) atoms. The summed E-state index contributed by atoms with van der Waals surface area (Å²) in [7, 11) is -3.58. The molecule has 0 saturated heterocycles. The van der Waals surface area contributed by atoms with E-state index in [-0.39, 0.29) is 12.5 Å². The van der Waals surface area contributed by atoms with Gasteiger partial charge in [-0.2, -0.15) is 0 Å². The summed E-state index contributed by atoms with van der Waals surface area (Å²) < 4.78 is 25.5. The standard InChI is InChI=1S/C19H24N2O3S/c1-13-6-7-18(16(4)9-13)20-19(22)12-21(25(5,23)24)17-10-14(2)8-15(3)11-17/h6-11H,12H2,1-5H3,(H,20,22). The van der Waals surface area contributed by atoms with Gasteiger partial charge >= 0.3 is 0 Å². The average Bonchev–Trinajstić information content (AvgIpc) is 2.45. The summed E-state index contributed by atoms with van der Waals surface area (Å²) in [6.07, 6.45) is 1.11. The third-order valence-corrected chi connectivity index (χ3v) is 4.98. The molecule has 6 heteroatoms. The minimum Gasteiger partial charge on any atom is -0.324 e. The van der Waals surface area contributed by atoms with Crippen LogP contribution in [0.25, 0.3) is 0 Å². The first-order valence-electron chi connectivity index (χ1n) is 7.99. The Kier molecular flexibility index (Phi) is 5.52. The van der Waals surface area contributed by atoms with Gasteiger partial charge in [0.1, 0.15) is 6.54 Å². The van der Waals surface area contributed by atoms with E-state index in [0.29, 0.717) is 11.4 Å². The van der Waals surface area contributed by atoms with Crippen molar-refractivity contribution >= 4 is 27.3 Å². The number of benzene rings is 2. The van der Waals surface area contributed by atoms with Crippen molar-refractivity contribution < 1.29 is 13.2 Å². The summed E-state index contributed by atoms with van der Waals surface area (Å²) in [5, 5.41) is 2.79. The van der Waals surface area contributed by atoms with Gasteiger partial charge in [0.15, 0.2) is 0 Å². The molecule has 134 valence electrons. The first-order chi connectivity index (χ1) is 11.6. The molecule has 0 saturated carbocycles. The van der Waals surface area contributed by atoms with Gasteiger partial charge in [0.25, 0.3) is 0 Å². The number of hydrogen-bond donors (Lipinski definition) is 1. The van der Waals surface area contributed by atoms with Gasteiger partial charge in [-0.25, -0.2) is 8.42 Å². The zero-order chi connectivity index (χ0) is 18.8. The molecule has 0 unspecified atom stereocenters. The highest BCUT2D eigenvalue weighted by molar-refractivity contribution is 7.92. The number of carbonyl (C=O) groups excluding carboxylic acids is 1. The van der Waals surface area contributed by atoms with Crippen LogP contribution in [0, 0.1) is 27.7 Å². The Morgan fingerprint density at radius 2 is 1.56 bits per heavy atom. The number of hydrogen-bond acceptors (Lipinski definition) is 3. The van der Waals surface area contributed by atoms with Crippen LogP contribution in [0.5, 0.6) is 0 Å². The van der Waals surface area contributed by atoms with E-state index in [1.807, 2.05) is 52.0 Å². The molecule has 0 radical (unpaired) electrons. The fraction of sp³-hybridized carbons (Fsp3) is 0.316. The maximum atomic E-state index is 12.4. The lowest BCUT2D eigenvalue weighted by Crippen LogP contribution is -2.37. The molecule has 0 spiro atoms. The number of carbonyl (C=O) groups is 1. The third-order valence-electron chi connectivity index (χ3n) is 3.84. The van der Waals surface area contributed by atoms with E-state index in [1.54, 1.807) is 12.1 Å². The van der Waals surface area contributed by atoms with E-state index >= 15 is 0 Å². The number of aryl methyl sites for hydroxylation is 4. The van der Waals surface area contributed by atoms with Crippen LogP contribution in [-0.4, -0.2) is 27.1 Å². The van der Waals surface area contributed by atoms with Crippen LogP contribution < -0.4 is 9.62 Å². The second kappa shape index (κ2) is 7.27. The van der Waals surface area contributed by atoms with Crippen molar-refractivity contribution in [2.45, 2.75) is 27.7 Å². The molecular weight excluding hydrogens is 336 g/mol. The molecule has 1 amide bonds. The Labute approximate surface area is 149 Å². The van der Waals surface area contributed by atoms with Crippen LogP contribution in [0.1, 0.15) is 22.3 Å². The second-order valence-electron chi connectivity index (χ2n) is 6.48. The zero-order valence-corrected chi connectivity index (χ0v) is 16.1. The van der Waals surface area contributed by atoms with Gasteiger partial charge in [-0.1, -0.05) is 23.8 Å². The topological polar surface area (TPSA) is 66.5 Å². The smallest absolute Gasteiger partial charge is 0.245 e. The van der Waals surface area contributed by atoms with Crippen LogP contribution in [0.15, 0.2) is 36.4 Å². The summed E-state index contributed by atoms with van der Waals surface area (Å²) in [5.74, 6) is -0.378. The number of nitrogens with one attached hydrogen (secondary N) is 1. The molecular formula is C19H24N2O3S. The van der Waals surface area contributed by atoms with Crippen LogP contribution in [0.4, 0.5) is 11.4 Å². The molecule has 0 fully saturated rings. The lowest BCUT2D eigenvalue weighted by molar-refractivity contribution is -0.114. The predicted molar refractivity (Wildman–Crippen MR) is 103 cm³/mol. The highest BCUT2D eigenvalue weighted by Gasteiger charge is 2.21. The lowest BCUT2D eigenvalue weighted by atomic mass is 10.1. The summed E-state index contributed by atoms with van der Waals surface area (Å²) in [6.45, 7) is 7.40. The van der Waals surface area contributed by atoms with E-state index in [1.165, 1.54) is 0 Å². The van der Waals surface area contributed by atoms with Crippen molar-refractivity contribution in [1.29, 1.82) is 0 Å². The lowest BCUT2D eigenvalue weighted by Gasteiger charge is -2.23. The van der Waals surface area contributed by atoms with E-state index in [9.17, 15) is 13.2 Å². The second-order valence-corrected chi connectivity index (χ2v) is 8.39. The van der Waals surface area contributed by atoms with E-state index in [2.05, 4.69) is 5.32 Å². The molecule has 0 aliphatic rings. The predicted octanol–water partition coefficient (Wildman–Crippen LogP) is 3.32. The first kappa shape index (κ1) is 19.0. The summed E-state index contributed by atoms with van der Waals surface area (Å²) in [6, 6.07) is 11.2. The Morgan fingerprint density at radius 3 is 2.08 bits per heavy atom. The number of rotatable bonds is 5. The van der Waals surface area contributed by atoms with Gasteiger partial charge in [0, 0.05) is 5.69 Å². The van der Waals surface area contributed by atoms with E-state index in [0.717, 1.165) is 32.8 Å². The molecule has 2 aromatic carbocycles. The summed E-state index contributed by atoms with van der Waals surface area (Å²) in [4.78, 5) is 12.4. The van der Waals surface area contributed by atoms with Gasteiger partial charge in [-0.15, -0.1) is 0 Å². The normalized spacial score (nSPS) is 11.2. The number of nitrogens with zero attached hydrogens (tertiary/aromatic N) is 1. The molecule has 0 aliphatic carbocycles. The molecule has 0 atom stereocenters. The molecule has 0 aliphatic heterocycles. The molecule has 2 rings (SSSR count). The number of amides is 1. The zero-order valence-electron chi connectivity index (χ0n) is 15.3. The molecule has 0 heterocycles. The Morgan fingerprint density at radius 1 is 0.960 bits per heavy atom. The Hall–Kier alpha value is -2.34. The van der Waals surface area contributed by atoms with Crippen molar-refractivity contribution in [2.24, 2.45) is 0 Å². The molecule has 2 aromatic rings. The number of anilines is 2. The van der Waals surface area contributed by atoms with Crippen molar-refractivity contribution in [3.63, 3.8) is 0 Å². The minimum atomic E-state index is -3.58. The van der Waals surface area contributed by atoms with Gasteiger partial charge in [0.05, 0.1) is 11.9 Å². The molecule has 0 aromatic heterocycles. The Bertz CT molecular complexity index is 885. The van der Waals surface area contributed by atoms with Crippen LogP contribution in [-0.2, 0) is 14.8 Å². The number of sulfonamides is 1. The van der Waals surface area contributed by atoms with E-state index < -0.39 is 10.0 Å². The summed E-state index contributed by atoms with van der Waals surface area (Å²) >= 11 is 0. The highest BCUT2D eigenvalue weighted by Crippen LogP contribution is 2.22. The van der Waals surface area contributed by atoms with Gasteiger partial charge in [-0.05, 0) is 62.6 Å². The van der Waals surface area contributed by atoms with Crippen LogP contribution in [0.3, 0.4) is 0 Å². The highest BCUT2D eigenvalue weighted by atomic mass is 32.2. The average molecular weight is 360 g/mol. The van der Waals surface area contributed by atoms with Crippen molar-refractivity contribution in [2.75, 3.05) is 22.4 Å². The van der Waals surface area contributed by atoms with Gasteiger partial charge in [0.2, 0.25) is 15.9 Å². The van der Waals surface area contributed by atoms with Crippen LogP contribution in [0.2, 0.25) is 0 Å². The monoisotopic (exact) mass is 360 g/mol. The van der Waals surface area contributed by atoms with E-state index in [4.69, 9.17) is 0 Å².